The van der Waals surface area contributed by atoms with Gasteiger partial charge in [-0.15, -0.1) is 0 Å². The van der Waals surface area contributed by atoms with Crippen molar-refractivity contribution in [2.45, 2.75) is 12.1 Å². The Labute approximate surface area is 97.4 Å². The largest absolute Gasteiger partial charge is 0.417 e. The van der Waals surface area contributed by atoms with Crippen LogP contribution in [0.1, 0.15) is 11.6 Å². The van der Waals surface area contributed by atoms with Crippen LogP contribution in [0.15, 0.2) is 27.4 Å². The standard InChI is InChI=1S/C11H15N3O3/c1-13-10(8(15)5-12)6-2-3-7-9(4-6)17-11(16)14-7/h2-4,8,10,13,15H,5,12H2,1H3,(H,14,16). The van der Waals surface area contributed by atoms with E-state index in [1.165, 1.54) is 0 Å². The highest BCUT2D eigenvalue weighted by molar-refractivity contribution is 5.72. The Morgan fingerprint density at radius 2 is 2.35 bits per heavy atom. The smallest absolute Gasteiger partial charge is 0.408 e. The number of nitrogens with two attached hydrogens (primary N) is 1. The number of nitrogens with one attached hydrogen (secondary N) is 2. The summed E-state index contributed by atoms with van der Waals surface area (Å²) in [5.74, 6) is -0.488. The maximum Gasteiger partial charge on any atom is 0.417 e. The molecule has 0 aliphatic heterocycles. The molecule has 17 heavy (non-hydrogen) atoms. The number of aliphatic hydroxyl groups is 1. The van der Waals surface area contributed by atoms with Crippen LogP contribution in [0.5, 0.6) is 0 Å². The molecule has 6 nitrogen and oxygen atoms in total. The van der Waals surface area contributed by atoms with Gasteiger partial charge < -0.3 is 20.6 Å². The molecule has 5 N–H and O–H groups in total. The average molecular weight is 237 g/mol. The van der Waals surface area contributed by atoms with E-state index < -0.39 is 11.9 Å². The van der Waals surface area contributed by atoms with Gasteiger partial charge in [0.15, 0.2) is 5.58 Å². The van der Waals surface area contributed by atoms with Crippen LogP contribution in [0, 0.1) is 0 Å². The Hall–Kier alpha value is -1.63. The lowest BCUT2D eigenvalue weighted by atomic mass is 10.0. The van der Waals surface area contributed by atoms with E-state index in [9.17, 15) is 9.90 Å². The highest BCUT2D eigenvalue weighted by Gasteiger charge is 2.18. The number of oxazole rings is 1. The quantitative estimate of drug-likeness (QED) is 0.584. The van der Waals surface area contributed by atoms with Crippen molar-refractivity contribution in [3.05, 3.63) is 34.3 Å². The van der Waals surface area contributed by atoms with E-state index in [4.69, 9.17) is 10.2 Å². The minimum Gasteiger partial charge on any atom is -0.408 e. The molecule has 0 aliphatic carbocycles. The van der Waals surface area contributed by atoms with Gasteiger partial charge in [0.25, 0.3) is 0 Å². The van der Waals surface area contributed by atoms with Gasteiger partial charge in [0.1, 0.15) is 0 Å². The molecular formula is C11H15N3O3. The van der Waals surface area contributed by atoms with Crippen LogP contribution >= 0.6 is 0 Å². The number of rotatable bonds is 4. The first kappa shape index (κ1) is 11.8. The SMILES string of the molecule is CNC(c1ccc2[nH]c(=O)oc2c1)C(O)CN. The van der Waals surface area contributed by atoms with Crippen LogP contribution in [-0.4, -0.2) is 29.8 Å². The van der Waals surface area contributed by atoms with E-state index in [-0.39, 0.29) is 12.6 Å². The molecule has 2 aromatic rings. The molecule has 0 spiro atoms. The van der Waals surface area contributed by atoms with Gasteiger partial charge in [-0.3, -0.25) is 4.98 Å². The molecule has 0 radical (unpaired) electrons. The molecule has 6 heteroatoms. The fourth-order valence-corrected chi connectivity index (χ4v) is 1.87. The summed E-state index contributed by atoms with van der Waals surface area (Å²) in [5.41, 5.74) is 7.36. The summed E-state index contributed by atoms with van der Waals surface area (Å²) < 4.78 is 4.96. The predicted molar refractivity (Wildman–Crippen MR) is 63.7 cm³/mol. The molecule has 2 atom stereocenters. The number of H-pyrrole nitrogens is 1. The predicted octanol–water partition coefficient (Wildman–Crippen LogP) is -0.299. The van der Waals surface area contributed by atoms with Gasteiger partial charge in [0.05, 0.1) is 17.7 Å². The van der Waals surface area contributed by atoms with E-state index in [0.29, 0.717) is 11.1 Å². The molecule has 2 unspecified atom stereocenters. The van der Waals surface area contributed by atoms with E-state index in [1.807, 2.05) is 6.07 Å². The van der Waals surface area contributed by atoms with Crippen LogP contribution in [0.4, 0.5) is 0 Å². The van der Waals surface area contributed by atoms with Crippen molar-refractivity contribution in [2.75, 3.05) is 13.6 Å². The van der Waals surface area contributed by atoms with Gasteiger partial charge in [0.2, 0.25) is 0 Å². The molecule has 0 bridgehead atoms. The molecule has 0 aliphatic rings. The lowest BCUT2D eigenvalue weighted by molar-refractivity contribution is 0.139. The number of hydrogen-bond acceptors (Lipinski definition) is 5. The fourth-order valence-electron chi connectivity index (χ4n) is 1.87. The highest BCUT2D eigenvalue weighted by Crippen LogP contribution is 2.20. The maximum atomic E-state index is 11.0. The topological polar surface area (TPSA) is 104 Å². The van der Waals surface area contributed by atoms with Gasteiger partial charge in [-0.25, -0.2) is 4.79 Å². The first-order valence-corrected chi connectivity index (χ1v) is 5.34. The van der Waals surface area contributed by atoms with Gasteiger partial charge in [-0.2, -0.15) is 0 Å². The molecule has 2 rings (SSSR count). The Morgan fingerprint density at radius 1 is 1.59 bits per heavy atom. The van der Waals surface area contributed by atoms with E-state index in [0.717, 1.165) is 5.56 Å². The molecule has 0 amide bonds. The molecule has 1 aromatic heterocycles. The van der Waals surface area contributed by atoms with E-state index in [1.54, 1.807) is 19.2 Å². The van der Waals surface area contributed by atoms with Gasteiger partial charge in [0, 0.05) is 6.54 Å². The van der Waals surface area contributed by atoms with Crippen molar-refractivity contribution < 1.29 is 9.52 Å². The maximum absolute atomic E-state index is 11.0. The highest BCUT2D eigenvalue weighted by atomic mass is 16.4. The molecular weight excluding hydrogens is 222 g/mol. The van der Waals surface area contributed by atoms with Crippen LogP contribution in [-0.2, 0) is 0 Å². The van der Waals surface area contributed by atoms with Crippen molar-refractivity contribution in [1.82, 2.24) is 10.3 Å². The zero-order valence-corrected chi connectivity index (χ0v) is 9.43. The first-order valence-electron chi connectivity index (χ1n) is 5.34. The van der Waals surface area contributed by atoms with Crippen molar-refractivity contribution in [3.8, 4) is 0 Å². The normalized spacial score (nSPS) is 15.0. The molecule has 92 valence electrons. The van der Waals surface area contributed by atoms with Crippen LogP contribution in [0.2, 0.25) is 0 Å². The number of benzene rings is 1. The zero-order valence-electron chi connectivity index (χ0n) is 9.43. The van der Waals surface area contributed by atoms with E-state index in [2.05, 4.69) is 10.3 Å². The molecule has 1 heterocycles. The summed E-state index contributed by atoms with van der Waals surface area (Å²) in [4.78, 5) is 13.6. The average Bonchev–Trinajstić information content (AvgIpc) is 2.69. The molecule has 1 aromatic carbocycles. The van der Waals surface area contributed by atoms with Crippen LogP contribution in [0.25, 0.3) is 11.1 Å². The Bertz CT molecular complexity index is 560. The lowest BCUT2D eigenvalue weighted by Crippen LogP contribution is -2.34. The van der Waals surface area contributed by atoms with Crippen molar-refractivity contribution >= 4 is 11.1 Å². The third-order valence-corrected chi connectivity index (χ3v) is 2.74. The number of likely N-dealkylation sites (N-methyl/N-ethyl adjacent to an activating group) is 1. The van der Waals surface area contributed by atoms with Gasteiger partial charge in [-0.05, 0) is 24.7 Å². The van der Waals surface area contributed by atoms with Gasteiger partial charge >= 0.3 is 5.76 Å². The summed E-state index contributed by atoms with van der Waals surface area (Å²) in [6.45, 7) is 0.153. The van der Waals surface area contributed by atoms with Crippen molar-refractivity contribution in [3.63, 3.8) is 0 Å². The molecule has 0 saturated heterocycles. The first-order chi connectivity index (χ1) is 8.15. The summed E-state index contributed by atoms with van der Waals surface area (Å²) in [5, 5.41) is 12.7. The second kappa shape index (κ2) is 4.70. The summed E-state index contributed by atoms with van der Waals surface area (Å²) in [6.07, 6.45) is -0.692. The third-order valence-electron chi connectivity index (χ3n) is 2.74. The fraction of sp³-hybridized carbons (Fsp3) is 0.364. The molecule has 0 saturated carbocycles. The number of fused-ring (bicyclic) bond motifs is 1. The number of aliphatic hydroxyl groups excluding tert-OH is 1. The number of hydrogen-bond donors (Lipinski definition) is 4. The monoisotopic (exact) mass is 237 g/mol. The second-order valence-electron chi connectivity index (χ2n) is 3.84. The minimum atomic E-state index is -0.692. The van der Waals surface area contributed by atoms with Crippen molar-refractivity contribution in [2.24, 2.45) is 5.73 Å². The Balaban J connectivity index is 2.43. The summed E-state index contributed by atoms with van der Waals surface area (Å²) in [7, 11) is 1.74. The van der Waals surface area contributed by atoms with Crippen LogP contribution < -0.4 is 16.8 Å². The van der Waals surface area contributed by atoms with Crippen LogP contribution in [0.3, 0.4) is 0 Å². The Morgan fingerprint density at radius 3 is 3.00 bits per heavy atom. The van der Waals surface area contributed by atoms with E-state index >= 15 is 0 Å². The Kier molecular flexibility index (Phi) is 3.28. The number of aromatic nitrogens is 1. The summed E-state index contributed by atoms with van der Waals surface area (Å²) >= 11 is 0. The minimum absolute atomic E-state index is 0.153. The van der Waals surface area contributed by atoms with Gasteiger partial charge in [-0.1, -0.05) is 6.07 Å². The summed E-state index contributed by atoms with van der Waals surface area (Å²) in [6, 6.07) is 4.98. The zero-order chi connectivity index (χ0) is 12.4. The second-order valence-corrected chi connectivity index (χ2v) is 3.84. The third kappa shape index (κ3) is 2.23. The number of aromatic amines is 1. The lowest BCUT2D eigenvalue weighted by Gasteiger charge is -2.21. The molecule has 0 fully saturated rings. The van der Waals surface area contributed by atoms with Crippen molar-refractivity contribution in [1.29, 1.82) is 0 Å².